The van der Waals surface area contributed by atoms with E-state index in [1.807, 2.05) is 6.07 Å². The molecule has 4 atom stereocenters. The molecule has 2 N–H and O–H groups in total. The summed E-state index contributed by atoms with van der Waals surface area (Å²) in [5.41, 5.74) is 0.601. The van der Waals surface area contributed by atoms with E-state index in [2.05, 4.69) is 20.8 Å². The van der Waals surface area contributed by atoms with Crippen molar-refractivity contribution in [3.05, 3.63) is 30.3 Å². The number of hydrogen-bond donors (Lipinski definition) is 2. The molecule has 1 aromatic carbocycles. The molecule has 4 heteroatoms. The maximum absolute atomic E-state index is 10.8. The zero-order valence-corrected chi connectivity index (χ0v) is 14.5. The van der Waals surface area contributed by atoms with Crippen LogP contribution in [-0.2, 0) is 4.79 Å². The number of ether oxygens (including phenoxy) is 1. The summed E-state index contributed by atoms with van der Waals surface area (Å²) in [5, 5.41) is 18.6. The lowest BCUT2D eigenvalue weighted by Gasteiger charge is -2.36. The maximum Gasteiger partial charge on any atom is 0.340 e. The van der Waals surface area contributed by atoms with Crippen LogP contribution in [0.5, 0.6) is 5.75 Å². The van der Waals surface area contributed by atoms with Crippen LogP contribution in [0.4, 0.5) is 0 Å². The number of hydrogen-bond acceptors (Lipinski definition) is 4. The minimum Gasteiger partial charge on any atom is -0.425 e. The number of carbonyl (C=O) groups excluding carboxylic acids is 1. The summed E-state index contributed by atoms with van der Waals surface area (Å²) in [6, 6.07) is 8.63. The van der Waals surface area contributed by atoms with Crippen molar-refractivity contribution >= 4 is 5.97 Å². The van der Waals surface area contributed by atoms with Gasteiger partial charge < -0.3 is 14.9 Å². The lowest BCUT2D eigenvalue weighted by Crippen LogP contribution is -2.35. The first-order chi connectivity index (χ1) is 10.7. The number of para-hydroxylation sites is 1. The molecule has 3 rings (SSSR count). The molecular weight excluding hydrogens is 292 g/mol. The summed E-state index contributed by atoms with van der Waals surface area (Å²) >= 11 is 0. The molecule has 0 amide bonds. The predicted molar refractivity (Wildman–Crippen MR) is 89.0 cm³/mol. The Morgan fingerprint density at radius 2 is 1.87 bits per heavy atom. The Kier molecular flexibility index (Phi) is 5.17. The van der Waals surface area contributed by atoms with Gasteiger partial charge in [-0.2, -0.15) is 0 Å². The molecule has 4 unspecified atom stereocenters. The molecule has 23 heavy (non-hydrogen) atoms. The third-order valence-corrected chi connectivity index (χ3v) is 6.05. The van der Waals surface area contributed by atoms with E-state index >= 15 is 0 Å². The molecule has 2 saturated carbocycles. The second-order valence-corrected chi connectivity index (χ2v) is 7.54. The molecule has 0 aromatic heterocycles. The highest BCUT2D eigenvalue weighted by atomic mass is 16.5. The van der Waals surface area contributed by atoms with E-state index in [1.165, 1.54) is 19.8 Å². The van der Waals surface area contributed by atoms with Crippen molar-refractivity contribution in [1.82, 2.24) is 0 Å². The van der Waals surface area contributed by atoms with Crippen molar-refractivity contribution in [1.29, 1.82) is 0 Å². The van der Waals surface area contributed by atoms with Gasteiger partial charge in [0, 0.05) is 0 Å². The predicted octanol–water partition coefficient (Wildman–Crippen LogP) is 3.17. The molecule has 2 fully saturated rings. The highest BCUT2D eigenvalue weighted by Gasteiger charge is 2.60. The van der Waals surface area contributed by atoms with Crippen LogP contribution in [0, 0.1) is 16.7 Å². The zero-order valence-electron chi connectivity index (χ0n) is 14.5. The van der Waals surface area contributed by atoms with Gasteiger partial charge in [0.2, 0.25) is 0 Å². The monoisotopic (exact) mass is 320 g/mol. The molecular formula is C19H28O4. The molecule has 4 nitrogen and oxygen atoms in total. The SMILES string of the molecule is CC(O)C(=O)Oc1ccccc1.CC1(C)C2CCC1(C)C(O)C2. The Morgan fingerprint density at radius 3 is 2.22 bits per heavy atom. The van der Waals surface area contributed by atoms with Gasteiger partial charge in [0.05, 0.1) is 6.10 Å². The Hall–Kier alpha value is -1.39. The Morgan fingerprint density at radius 1 is 1.26 bits per heavy atom. The highest BCUT2D eigenvalue weighted by molar-refractivity contribution is 5.76. The number of aliphatic hydroxyl groups is 2. The number of rotatable bonds is 2. The van der Waals surface area contributed by atoms with Crippen molar-refractivity contribution in [2.24, 2.45) is 16.7 Å². The first kappa shape index (κ1) is 18.0. The molecule has 0 heterocycles. The topological polar surface area (TPSA) is 66.8 Å². The fourth-order valence-electron chi connectivity index (χ4n) is 3.85. The van der Waals surface area contributed by atoms with Crippen LogP contribution in [0.3, 0.4) is 0 Å². The number of esters is 1. The summed E-state index contributed by atoms with van der Waals surface area (Å²) in [6.45, 7) is 8.26. The summed E-state index contributed by atoms with van der Waals surface area (Å²) < 4.78 is 4.79. The Labute approximate surface area is 138 Å². The van der Waals surface area contributed by atoms with Gasteiger partial charge in [0.1, 0.15) is 11.9 Å². The van der Waals surface area contributed by atoms with Crippen molar-refractivity contribution in [2.45, 2.75) is 59.2 Å². The molecule has 0 aliphatic heterocycles. The third kappa shape index (κ3) is 3.43. The standard InChI is InChI=1S/C10H18O.C9H10O3/c1-9(2)7-4-5-10(9,3)8(11)6-7;1-7(10)9(11)12-8-5-3-2-4-6-8/h7-8,11H,4-6H2,1-3H3;2-7,10H,1H3. The lowest BCUT2D eigenvalue weighted by atomic mass is 9.70. The second kappa shape index (κ2) is 6.62. The summed E-state index contributed by atoms with van der Waals surface area (Å²) in [5.74, 6) is 0.590. The van der Waals surface area contributed by atoms with Crippen LogP contribution in [0.15, 0.2) is 30.3 Å². The zero-order chi connectivity index (χ0) is 17.3. The van der Waals surface area contributed by atoms with Crippen molar-refractivity contribution < 1.29 is 19.7 Å². The normalized spacial score (nSPS) is 31.9. The molecule has 2 bridgehead atoms. The third-order valence-electron chi connectivity index (χ3n) is 6.05. The fourth-order valence-corrected chi connectivity index (χ4v) is 3.85. The largest absolute Gasteiger partial charge is 0.425 e. The molecule has 2 aliphatic carbocycles. The molecule has 0 radical (unpaired) electrons. The van der Waals surface area contributed by atoms with E-state index in [4.69, 9.17) is 9.84 Å². The van der Waals surface area contributed by atoms with Crippen molar-refractivity contribution in [3.8, 4) is 5.75 Å². The Bertz CT molecular complexity index is 538. The first-order valence-corrected chi connectivity index (χ1v) is 8.31. The quantitative estimate of drug-likeness (QED) is 0.649. The average molecular weight is 320 g/mol. The number of fused-ring (bicyclic) bond motifs is 2. The van der Waals surface area contributed by atoms with Crippen molar-refractivity contribution in [2.75, 3.05) is 0 Å². The number of carbonyl (C=O) groups is 1. The van der Waals surface area contributed by atoms with Crippen LogP contribution < -0.4 is 4.74 Å². The molecule has 1 aromatic rings. The van der Waals surface area contributed by atoms with E-state index < -0.39 is 12.1 Å². The molecule has 2 aliphatic rings. The van der Waals surface area contributed by atoms with Crippen LogP contribution in [0.2, 0.25) is 0 Å². The number of benzene rings is 1. The Balaban J connectivity index is 0.000000167. The van der Waals surface area contributed by atoms with Crippen LogP contribution in [0.1, 0.15) is 47.0 Å². The van der Waals surface area contributed by atoms with Crippen LogP contribution >= 0.6 is 0 Å². The smallest absolute Gasteiger partial charge is 0.340 e. The van der Waals surface area contributed by atoms with E-state index in [9.17, 15) is 9.90 Å². The van der Waals surface area contributed by atoms with E-state index in [0.717, 1.165) is 12.3 Å². The average Bonchev–Trinajstić information content (AvgIpc) is 2.82. The van der Waals surface area contributed by atoms with Gasteiger partial charge in [-0.3, -0.25) is 0 Å². The molecule has 0 spiro atoms. The van der Waals surface area contributed by atoms with Crippen LogP contribution in [0.25, 0.3) is 0 Å². The highest BCUT2D eigenvalue weighted by Crippen LogP contribution is 2.65. The molecule has 0 saturated heterocycles. The van der Waals surface area contributed by atoms with E-state index in [1.54, 1.807) is 24.3 Å². The number of aliphatic hydroxyl groups excluding tert-OH is 2. The maximum atomic E-state index is 10.8. The summed E-state index contributed by atoms with van der Waals surface area (Å²) in [7, 11) is 0. The first-order valence-electron chi connectivity index (χ1n) is 8.31. The van der Waals surface area contributed by atoms with Gasteiger partial charge in [-0.05, 0) is 55.1 Å². The van der Waals surface area contributed by atoms with Crippen LogP contribution in [-0.4, -0.2) is 28.4 Å². The van der Waals surface area contributed by atoms with Gasteiger partial charge >= 0.3 is 5.97 Å². The fraction of sp³-hybridized carbons (Fsp3) is 0.632. The van der Waals surface area contributed by atoms with E-state index in [0.29, 0.717) is 11.2 Å². The minimum atomic E-state index is -1.08. The lowest BCUT2D eigenvalue weighted by molar-refractivity contribution is -0.142. The molecule has 128 valence electrons. The van der Waals surface area contributed by atoms with Gasteiger partial charge in [-0.25, -0.2) is 4.79 Å². The van der Waals surface area contributed by atoms with Gasteiger partial charge in [-0.1, -0.05) is 39.0 Å². The van der Waals surface area contributed by atoms with Crippen molar-refractivity contribution in [3.63, 3.8) is 0 Å². The summed E-state index contributed by atoms with van der Waals surface area (Å²) in [4.78, 5) is 10.8. The summed E-state index contributed by atoms with van der Waals surface area (Å²) in [6.07, 6.45) is 2.50. The minimum absolute atomic E-state index is 0.0313. The van der Waals surface area contributed by atoms with Gasteiger partial charge in [-0.15, -0.1) is 0 Å². The van der Waals surface area contributed by atoms with E-state index in [-0.39, 0.29) is 11.5 Å². The second-order valence-electron chi connectivity index (χ2n) is 7.54. The van der Waals surface area contributed by atoms with Gasteiger partial charge in [0.15, 0.2) is 0 Å². The van der Waals surface area contributed by atoms with Gasteiger partial charge in [0.25, 0.3) is 0 Å².